The minimum atomic E-state index is -3.18. The predicted molar refractivity (Wildman–Crippen MR) is 67.2 cm³/mol. The topological polar surface area (TPSA) is 86.9 Å². The number of nitrogens with zero attached hydrogens (tertiary/aromatic N) is 1. The Morgan fingerprint density at radius 3 is 2.76 bits per heavy atom. The van der Waals surface area contributed by atoms with Gasteiger partial charge < -0.3 is 10.3 Å². The van der Waals surface area contributed by atoms with E-state index in [1.165, 1.54) is 0 Å². The van der Waals surface area contributed by atoms with Crippen molar-refractivity contribution >= 4 is 10.0 Å². The highest BCUT2D eigenvalue weighted by Gasteiger charge is 2.09. The molecule has 1 aromatic rings. The minimum Gasteiger partial charge on any atom is -0.348 e. The highest BCUT2D eigenvalue weighted by molar-refractivity contribution is 7.89. The molecule has 1 aromatic heterocycles. The summed E-state index contributed by atoms with van der Waals surface area (Å²) in [6, 6.07) is 0.301. The van der Waals surface area contributed by atoms with Gasteiger partial charge in [0.2, 0.25) is 10.0 Å². The van der Waals surface area contributed by atoms with Crippen LogP contribution < -0.4 is 10.0 Å². The van der Waals surface area contributed by atoms with E-state index >= 15 is 0 Å². The third-order valence-electron chi connectivity index (χ3n) is 2.19. The second-order valence-corrected chi connectivity index (χ2v) is 6.08. The molecule has 0 aliphatic heterocycles. The molecule has 1 rings (SSSR count). The van der Waals surface area contributed by atoms with Crippen LogP contribution in [0.15, 0.2) is 12.5 Å². The molecular weight excluding hydrogens is 240 g/mol. The first kappa shape index (κ1) is 14.1. The molecule has 0 aromatic carbocycles. The normalized spacial score (nSPS) is 12.2. The maximum atomic E-state index is 11.6. The van der Waals surface area contributed by atoms with Crippen molar-refractivity contribution in [2.45, 2.75) is 26.3 Å². The van der Waals surface area contributed by atoms with Crippen LogP contribution in [0.2, 0.25) is 0 Å². The summed E-state index contributed by atoms with van der Waals surface area (Å²) in [6.45, 7) is 4.83. The molecule has 0 radical (unpaired) electrons. The molecule has 0 bridgehead atoms. The number of nitrogens with one attached hydrogen (secondary N) is 3. The van der Waals surface area contributed by atoms with Gasteiger partial charge in [0.05, 0.1) is 12.1 Å². The van der Waals surface area contributed by atoms with Gasteiger partial charge in [-0.05, 0) is 0 Å². The van der Waals surface area contributed by atoms with Crippen LogP contribution in [-0.4, -0.2) is 43.3 Å². The fraction of sp³-hybridized carbons (Fsp3) is 0.700. The molecule has 0 spiro atoms. The maximum absolute atomic E-state index is 11.6. The van der Waals surface area contributed by atoms with Crippen LogP contribution in [0.5, 0.6) is 0 Å². The Bertz CT molecular complexity index is 400. The van der Waals surface area contributed by atoms with E-state index in [2.05, 4.69) is 20.0 Å². The number of rotatable bonds is 8. The molecule has 0 saturated heterocycles. The summed E-state index contributed by atoms with van der Waals surface area (Å²) in [6.07, 6.45) is 3.89. The minimum absolute atomic E-state index is 0.105. The van der Waals surface area contributed by atoms with Crippen molar-refractivity contribution in [1.29, 1.82) is 0 Å². The zero-order valence-corrected chi connectivity index (χ0v) is 11.0. The largest absolute Gasteiger partial charge is 0.348 e. The highest BCUT2D eigenvalue weighted by Crippen LogP contribution is 1.92. The van der Waals surface area contributed by atoms with Crippen molar-refractivity contribution in [3.63, 3.8) is 0 Å². The summed E-state index contributed by atoms with van der Waals surface area (Å²) >= 11 is 0. The fourth-order valence-corrected chi connectivity index (χ4v) is 2.26. The molecule has 17 heavy (non-hydrogen) atoms. The highest BCUT2D eigenvalue weighted by atomic mass is 32.2. The summed E-state index contributed by atoms with van der Waals surface area (Å²) in [7, 11) is -3.18. The quantitative estimate of drug-likeness (QED) is 0.607. The van der Waals surface area contributed by atoms with Crippen LogP contribution in [0.25, 0.3) is 0 Å². The van der Waals surface area contributed by atoms with Crippen LogP contribution in [0.1, 0.15) is 19.5 Å². The van der Waals surface area contributed by atoms with Gasteiger partial charge >= 0.3 is 0 Å². The second kappa shape index (κ2) is 6.73. The Kier molecular flexibility index (Phi) is 5.60. The molecule has 7 heteroatoms. The maximum Gasteiger partial charge on any atom is 0.212 e. The van der Waals surface area contributed by atoms with Gasteiger partial charge in [-0.2, -0.15) is 0 Å². The van der Waals surface area contributed by atoms with Crippen LogP contribution in [0, 0.1) is 0 Å². The number of H-pyrrole nitrogens is 1. The predicted octanol–water partition coefficient (Wildman–Crippen LogP) is -0.130. The molecule has 0 atom stereocenters. The molecule has 0 aliphatic carbocycles. The molecular formula is C10H20N4O2S. The molecule has 3 N–H and O–H groups in total. The summed E-state index contributed by atoms with van der Waals surface area (Å²) in [4.78, 5) is 6.79. The van der Waals surface area contributed by atoms with E-state index in [-0.39, 0.29) is 5.75 Å². The van der Waals surface area contributed by atoms with Crippen molar-refractivity contribution in [2.24, 2.45) is 0 Å². The molecule has 98 valence electrons. The zero-order chi connectivity index (χ0) is 12.7. The van der Waals surface area contributed by atoms with Gasteiger partial charge in [0.15, 0.2) is 0 Å². The first-order chi connectivity index (χ1) is 7.99. The number of aromatic amines is 1. The summed E-state index contributed by atoms with van der Waals surface area (Å²) < 4.78 is 25.7. The SMILES string of the molecule is CC(C)NCCS(=O)(=O)NCCc1cnc[nH]1. The van der Waals surface area contributed by atoms with Crippen LogP contribution in [0.4, 0.5) is 0 Å². The van der Waals surface area contributed by atoms with Crippen molar-refractivity contribution in [1.82, 2.24) is 20.0 Å². The lowest BCUT2D eigenvalue weighted by molar-refractivity contribution is 0.567. The van der Waals surface area contributed by atoms with Crippen molar-refractivity contribution in [3.8, 4) is 0 Å². The lowest BCUT2D eigenvalue weighted by Crippen LogP contribution is -2.35. The van der Waals surface area contributed by atoms with E-state index in [4.69, 9.17) is 0 Å². The van der Waals surface area contributed by atoms with Gasteiger partial charge in [0, 0.05) is 37.4 Å². The van der Waals surface area contributed by atoms with Gasteiger partial charge in [0.1, 0.15) is 0 Å². The zero-order valence-electron chi connectivity index (χ0n) is 10.2. The van der Waals surface area contributed by atoms with Crippen molar-refractivity contribution in [3.05, 3.63) is 18.2 Å². The van der Waals surface area contributed by atoms with Crippen molar-refractivity contribution < 1.29 is 8.42 Å². The first-order valence-electron chi connectivity index (χ1n) is 5.67. The van der Waals surface area contributed by atoms with E-state index in [1.54, 1.807) is 12.5 Å². The van der Waals surface area contributed by atoms with Gasteiger partial charge in [-0.3, -0.25) is 0 Å². The molecule has 0 fully saturated rings. The molecule has 6 nitrogen and oxygen atoms in total. The van der Waals surface area contributed by atoms with Crippen LogP contribution >= 0.6 is 0 Å². The number of hydrogen-bond donors (Lipinski definition) is 3. The number of aromatic nitrogens is 2. The third-order valence-corrected chi connectivity index (χ3v) is 3.58. The van der Waals surface area contributed by atoms with E-state index in [0.717, 1.165) is 5.69 Å². The Labute approximate surface area is 102 Å². The monoisotopic (exact) mass is 260 g/mol. The Morgan fingerprint density at radius 1 is 1.41 bits per heavy atom. The van der Waals surface area contributed by atoms with Crippen molar-refractivity contribution in [2.75, 3.05) is 18.8 Å². The average molecular weight is 260 g/mol. The second-order valence-electron chi connectivity index (χ2n) is 4.15. The number of sulfonamides is 1. The molecule has 0 aliphatic rings. The Balaban J connectivity index is 2.20. The molecule has 0 amide bonds. The van der Waals surface area contributed by atoms with E-state index < -0.39 is 10.0 Å². The lowest BCUT2D eigenvalue weighted by atomic mass is 10.3. The van der Waals surface area contributed by atoms with E-state index in [1.807, 2.05) is 13.8 Å². The Morgan fingerprint density at radius 2 is 2.18 bits per heavy atom. The lowest BCUT2D eigenvalue weighted by Gasteiger charge is -2.09. The summed E-state index contributed by atoms with van der Waals surface area (Å²) in [5, 5.41) is 3.07. The molecule has 0 unspecified atom stereocenters. The molecule has 0 saturated carbocycles. The van der Waals surface area contributed by atoms with Gasteiger partial charge in [-0.25, -0.2) is 18.1 Å². The van der Waals surface area contributed by atoms with Gasteiger partial charge in [0.25, 0.3) is 0 Å². The fourth-order valence-electron chi connectivity index (χ4n) is 1.32. The van der Waals surface area contributed by atoms with Gasteiger partial charge in [-0.1, -0.05) is 13.8 Å². The third kappa shape index (κ3) is 6.40. The van der Waals surface area contributed by atoms with Crippen LogP contribution in [0.3, 0.4) is 0 Å². The number of hydrogen-bond acceptors (Lipinski definition) is 4. The Hall–Kier alpha value is -0.920. The first-order valence-corrected chi connectivity index (χ1v) is 7.33. The summed E-state index contributed by atoms with van der Waals surface area (Å²) in [5.41, 5.74) is 0.924. The number of imidazole rings is 1. The average Bonchev–Trinajstić information content (AvgIpc) is 2.69. The van der Waals surface area contributed by atoms with Crippen LogP contribution in [-0.2, 0) is 16.4 Å². The standard InChI is InChI=1S/C10H20N4O2S/c1-9(2)12-5-6-17(15,16)14-4-3-10-7-11-8-13-10/h7-9,12,14H,3-6H2,1-2H3,(H,11,13). The molecule has 1 heterocycles. The van der Waals surface area contributed by atoms with E-state index in [9.17, 15) is 8.42 Å². The van der Waals surface area contributed by atoms with Gasteiger partial charge in [-0.15, -0.1) is 0 Å². The summed E-state index contributed by atoms with van der Waals surface area (Å²) in [5.74, 6) is 0.105. The smallest absolute Gasteiger partial charge is 0.212 e. The van der Waals surface area contributed by atoms with E-state index in [0.29, 0.717) is 25.6 Å².